The predicted octanol–water partition coefficient (Wildman–Crippen LogP) is -3.98. The zero-order valence-corrected chi connectivity index (χ0v) is 60.7. The summed E-state index contributed by atoms with van der Waals surface area (Å²) in [6, 6.07) is -6.39. The van der Waals surface area contributed by atoms with Crippen LogP contribution in [0.1, 0.15) is 152 Å². The fourth-order valence-corrected chi connectivity index (χ4v) is 13.0. The maximum absolute atomic E-state index is 13.1. The van der Waals surface area contributed by atoms with Gasteiger partial charge in [-0.3, -0.25) is 24.0 Å². The van der Waals surface area contributed by atoms with Crippen LogP contribution in [0.3, 0.4) is 0 Å². The molecule has 12 unspecified atom stereocenters. The molecule has 0 aromatic carbocycles. The second-order valence-corrected chi connectivity index (χ2v) is 26.6. The maximum Gasteiger partial charge on any atom is 0.220 e. The molecule has 5 amide bonds. The first-order valence-corrected chi connectivity index (χ1v) is 35.7. The van der Waals surface area contributed by atoms with E-state index in [9.17, 15) is 90.4 Å². The number of hydrogen-bond donors (Lipinski definition) is 18. The summed E-state index contributed by atoms with van der Waals surface area (Å²) in [7, 11) is 2.57. The van der Waals surface area contributed by atoms with Gasteiger partial charge in [0.2, 0.25) is 29.5 Å². The van der Waals surface area contributed by atoms with Gasteiger partial charge in [-0.2, -0.15) is 0 Å². The summed E-state index contributed by atoms with van der Waals surface area (Å²) in [6.45, 7) is 11.3. The monoisotopic (exact) mass is 1480 g/mol. The smallest absolute Gasteiger partial charge is 0.220 e. The Labute approximate surface area is 596 Å². The van der Waals surface area contributed by atoms with E-state index in [1.807, 2.05) is 0 Å². The van der Waals surface area contributed by atoms with Crippen molar-refractivity contribution in [3.8, 4) is 0 Å². The Bertz CT molecular complexity index is 2450. The molecular formula is C67H121N5O30. The lowest BCUT2D eigenvalue weighted by Crippen LogP contribution is -2.70. The normalized spacial score (nSPS) is 38.5. The van der Waals surface area contributed by atoms with Crippen LogP contribution in [0.15, 0.2) is 12.2 Å². The average Bonchev–Trinajstić information content (AvgIpc) is 0.778. The van der Waals surface area contributed by atoms with Gasteiger partial charge in [0.25, 0.3) is 0 Å². The van der Waals surface area contributed by atoms with Crippen LogP contribution < -0.4 is 26.6 Å². The molecule has 6 heterocycles. The van der Waals surface area contributed by atoms with E-state index in [1.54, 1.807) is 6.92 Å². The fraction of sp³-hybridized carbons (Fsp3) is 0.896. The molecule has 18 N–H and O–H groups in total. The Hall–Kier alpha value is -3.91. The molecule has 6 fully saturated rings. The van der Waals surface area contributed by atoms with Crippen molar-refractivity contribution in [2.75, 3.05) is 47.3 Å². The summed E-state index contributed by atoms with van der Waals surface area (Å²) in [6.07, 6.45) is -15.2. The van der Waals surface area contributed by atoms with E-state index in [-0.39, 0.29) is 6.42 Å². The highest BCUT2D eigenvalue weighted by atomic mass is 16.8. The summed E-state index contributed by atoms with van der Waals surface area (Å²) >= 11 is 0. The summed E-state index contributed by atoms with van der Waals surface area (Å²) in [5.41, 5.74) is 0. The second-order valence-electron chi connectivity index (χ2n) is 26.6. The summed E-state index contributed by atoms with van der Waals surface area (Å²) in [5.74, 6) is -2.69. The number of hydrogen-bond acceptors (Lipinski definition) is 30. The zero-order chi connectivity index (χ0) is 76.1. The van der Waals surface area contributed by atoms with Crippen LogP contribution in [0.5, 0.6) is 0 Å². The first kappa shape index (κ1) is 90.5. The van der Waals surface area contributed by atoms with Crippen LogP contribution in [0.2, 0.25) is 0 Å². The Balaban J connectivity index is 0.000000421. The van der Waals surface area contributed by atoms with Gasteiger partial charge in [0.15, 0.2) is 31.5 Å². The molecule has 6 aliphatic rings. The van der Waals surface area contributed by atoms with Gasteiger partial charge in [-0.15, -0.1) is 0 Å². The predicted molar refractivity (Wildman–Crippen MR) is 357 cm³/mol. The molecule has 594 valence electrons. The molecule has 0 aliphatic carbocycles. The Morgan fingerprint density at radius 2 is 0.784 bits per heavy atom. The highest BCUT2D eigenvalue weighted by Crippen LogP contribution is 2.35. The number of unbranched alkanes of at least 4 members (excludes halogenated alkanes) is 10. The lowest BCUT2D eigenvalue weighted by molar-refractivity contribution is -0.346. The molecular weight excluding hydrogens is 1350 g/mol. The zero-order valence-electron chi connectivity index (χ0n) is 60.7. The number of ether oxygens (including phenoxy) is 12. The van der Waals surface area contributed by atoms with Crippen molar-refractivity contribution in [1.82, 2.24) is 26.6 Å². The molecule has 0 saturated carbocycles. The third kappa shape index (κ3) is 26.5. The first-order chi connectivity index (χ1) is 48.5. The van der Waals surface area contributed by atoms with E-state index in [1.165, 1.54) is 61.2 Å². The van der Waals surface area contributed by atoms with E-state index < -0.39 is 246 Å². The number of aliphatic hydroxyl groups excluding tert-OH is 13. The molecule has 6 saturated heterocycles. The van der Waals surface area contributed by atoms with Crippen molar-refractivity contribution in [3.63, 3.8) is 0 Å². The van der Waals surface area contributed by atoms with Crippen LogP contribution in [0.25, 0.3) is 0 Å². The van der Waals surface area contributed by atoms with E-state index >= 15 is 0 Å². The molecule has 0 bridgehead atoms. The number of carbonyl (C=O) groups is 5. The summed E-state index contributed by atoms with van der Waals surface area (Å²) in [5, 5.41) is 151. The molecule has 6 rings (SSSR count). The molecule has 0 radical (unpaired) electrons. The van der Waals surface area contributed by atoms with Gasteiger partial charge < -0.3 is 150 Å². The van der Waals surface area contributed by atoms with E-state index in [0.717, 1.165) is 64.7 Å². The quantitative estimate of drug-likeness (QED) is 0.0216. The van der Waals surface area contributed by atoms with Crippen molar-refractivity contribution in [2.24, 2.45) is 0 Å². The van der Waals surface area contributed by atoms with Crippen molar-refractivity contribution < 1.29 is 147 Å². The molecule has 35 nitrogen and oxygen atoms in total. The van der Waals surface area contributed by atoms with Crippen molar-refractivity contribution in [2.45, 2.75) is 336 Å². The number of aliphatic hydroxyl groups is 13. The molecule has 6 aliphatic heterocycles. The number of amides is 5. The van der Waals surface area contributed by atoms with E-state index in [0.29, 0.717) is 6.42 Å². The van der Waals surface area contributed by atoms with Gasteiger partial charge in [0.1, 0.15) is 134 Å². The average molecular weight is 1480 g/mol. The van der Waals surface area contributed by atoms with Crippen LogP contribution in [0, 0.1) is 0 Å². The van der Waals surface area contributed by atoms with Crippen LogP contribution in [-0.2, 0) is 80.8 Å². The van der Waals surface area contributed by atoms with Gasteiger partial charge in [-0.25, -0.2) is 0 Å². The van der Waals surface area contributed by atoms with Crippen molar-refractivity contribution in [3.05, 3.63) is 12.2 Å². The number of rotatable bonds is 34. The molecule has 0 spiro atoms. The van der Waals surface area contributed by atoms with Crippen LogP contribution >= 0.6 is 0 Å². The standard InChI is InChI=1S/C38H67N3O15.C24H42N2O15.C5H12/c1-5-6-7-8-9-10-11-12-13-14-15-16-17-27(47)41-29-32(49)31(48)24(18-42)53-37(29)56-36-26(20-44)54-38(30(34(36)51)40-23(4)46)55-35-25(19-43)52-21(2)28(33(35)50)39-22(3)45;1-8-15(30)18(33)21(36-5)24(38-8)37-7-12-20(16(31)13(22(34)39-12)25-9(2)28)41-23-14(26-10(3)29)17(32)19(35-4)11(6-27)40-23;1-3-5-4-2/h7-8,21,24-26,28-38,42-44,48-51H,5-6,9-20H2,1-4H3,(H,39,45)(H,40,46)(H,41,47);8,11-24,27,30-34H,6-7H2,1-5H3,(H,25,28)(H,26,29);3-5H2,1-2H3/b8-7-;;/t21-,24?,25?,26?,28?,29?,30?,31+,32+,33+,34+,35+,36+,37-,38-;8?,11?,12?,13?,14?,15-,16-,17-,18?,19-,20-,21-,22-,23+,24-;/m01./s1. The molecule has 0 aromatic heterocycles. The SMILES string of the molecule is CCC/C=C\CCCCCCCCCC(=O)NC1[C@H](O[C@@H]2C(CO)O[C@@H](O[C@@H]3C(CO)O[C@@H](C)C(NC(C)=O)[C@H]3O)C(NC(C)=O)[C@H]2O)OC(CO)[C@@H](O)[C@@H]1O.CCCCC.CO[C@@H]1C(O)[C@H](O)C(C)O[C@H]1OCC1O[C@@H](O)C(NC(C)=O)[C@@H](O)[C@@H]1O[C@@H]1OC(CO)[C@@H](OC)[C@H](O)C1NC(C)=O. The van der Waals surface area contributed by atoms with Gasteiger partial charge in [-0.1, -0.05) is 90.7 Å². The third-order valence-corrected chi connectivity index (χ3v) is 18.5. The van der Waals surface area contributed by atoms with E-state index in [4.69, 9.17) is 56.8 Å². The molecule has 35 heteroatoms. The number of nitrogens with one attached hydrogen (secondary N) is 5. The Morgan fingerprint density at radius 3 is 1.26 bits per heavy atom. The van der Waals surface area contributed by atoms with Gasteiger partial charge >= 0.3 is 0 Å². The minimum Gasteiger partial charge on any atom is -0.394 e. The van der Waals surface area contributed by atoms with E-state index in [2.05, 4.69) is 59.5 Å². The third-order valence-electron chi connectivity index (χ3n) is 18.5. The minimum atomic E-state index is -1.73. The topological polar surface area (TPSA) is 519 Å². The van der Waals surface area contributed by atoms with Crippen LogP contribution in [0.4, 0.5) is 0 Å². The maximum atomic E-state index is 13.1. The molecule has 30 atom stereocenters. The van der Waals surface area contributed by atoms with Gasteiger partial charge in [0.05, 0.1) is 51.3 Å². The van der Waals surface area contributed by atoms with Gasteiger partial charge in [-0.05, 0) is 39.5 Å². The second kappa shape index (κ2) is 46.3. The van der Waals surface area contributed by atoms with Gasteiger partial charge in [0, 0.05) is 48.3 Å². The van der Waals surface area contributed by atoms with Crippen molar-refractivity contribution >= 4 is 29.5 Å². The number of carbonyl (C=O) groups excluding carboxylic acids is 5. The minimum absolute atomic E-state index is 0.114. The highest BCUT2D eigenvalue weighted by Gasteiger charge is 2.56. The number of methoxy groups -OCH3 is 2. The molecule has 102 heavy (non-hydrogen) atoms. The van der Waals surface area contributed by atoms with Crippen LogP contribution in [-0.4, -0.2) is 327 Å². The lowest BCUT2D eigenvalue weighted by atomic mass is 9.92. The summed E-state index contributed by atoms with van der Waals surface area (Å²) in [4.78, 5) is 61.0. The Morgan fingerprint density at radius 1 is 0.373 bits per heavy atom. The highest BCUT2D eigenvalue weighted by molar-refractivity contribution is 5.76. The largest absolute Gasteiger partial charge is 0.394 e. The van der Waals surface area contributed by atoms with Crippen molar-refractivity contribution in [1.29, 1.82) is 0 Å². The number of allylic oxidation sites excluding steroid dienone is 2. The fourth-order valence-electron chi connectivity index (χ4n) is 13.0. The summed E-state index contributed by atoms with van der Waals surface area (Å²) < 4.78 is 69.1. The first-order valence-electron chi connectivity index (χ1n) is 35.7. The lowest BCUT2D eigenvalue weighted by Gasteiger charge is -2.50. The molecule has 0 aromatic rings. The Kier molecular flexibility index (Phi) is 41.1.